The summed E-state index contributed by atoms with van der Waals surface area (Å²) in [5.41, 5.74) is 0.995. The van der Waals surface area contributed by atoms with Crippen molar-refractivity contribution in [2.75, 3.05) is 29.9 Å². The van der Waals surface area contributed by atoms with Crippen molar-refractivity contribution in [2.45, 2.75) is 20.0 Å². The van der Waals surface area contributed by atoms with Gasteiger partial charge in [0.05, 0.1) is 5.69 Å². The molecular weight excluding hydrogens is 385 g/mol. The Morgan fingerprint density at radius 2 is 1.86 bits per heavy atom. The van der Waals surface area contributed by atoms with Crippen LogP contribution in [0.15, 0.2) is 28.4 Å². The van der Waals surface area contributed by atoms with Crippen LogP contribution in [0.1, 0.15) is 25.2 Å². The Morgan fingerprint density at radius 3 is 2.38 bits per heavy atom. The molecule has 0 saturated carbocycles. The molecule has 11 heteroatoms. The average Bonchev–Trinajstić information content (AvgIpc) is 3.00. The molecule has 0 aliphatic carbocycles. The van der Waals surface area contributed by atoms with E-state index in [9.17, 15) is 13.2 Å². The van der Waals surface area contributed by atoms with Crippen molar-refractivity contribution in [3.05, 3.63) is 29.6 Å². The van der Waals surface area contributed by atoms with E-state index in [0.717, 1.165) is 5.69 Å². The molecule has 1 aromatic carbocycles. The van der Waals surface area contributed by atoms with Crippen molar-refractivity contribution in [2.24, 2.45) is 17.3 Å². The second-order valence-corrected chi connectivity index (χ2v) is 5.93. The molecule has 0 radical (unpaired) electrons. The molecule has 0 saturated heterocycles. The van der Waals surface area contributed by atoms with Crippen molar-refractivity contribution < 1.29 is 13.2 Å². The van der Waals surface area contributed by atoms with Crippen LogP contribution >= 0.6 is 0 Å². The molecule has 0 atom stereocenters. The molecule has 1 N–H and O–H groups in total. The van der Waals surface area contributed by atoms with Gasteiger partial charge in [-0.05, 0) is 32.0 Å². The Labute approximate surface area is 165 Å². The van der Waals surface area contributed by atoms with E-state index in [0.29, 0.717) is 13.1 Å². The van der Waals surface area contributed by atoms with E-state index >= 15 is 0 Å². The zero-order valence-electron chi connectivity index (χ0n) is 16.1. The topological polar surface area (TPSA) is 105 Å². The average molecular weight is 404 g/mol. The molecule has 0 amide bonds. The lowest BCUT2D eigenvalue weighted by Crippen LogP contribution is -2.23. The second kappa shape index (κ2) is 9.06. The summed E-state index contributed by atoms with van der Waals surface area (Å²) in [4.78, 5) is 5.89. The summed E-state index contributed by atoms with van der Waals surface area (Å²) in [5.74, 6) is -0.00677. The predicted octanol–water partition coefficient (Wildman–Crippen LogP) is 4.40. The summed E-state index contributed by atoms with van der Waals surface area (Å²) >= 11 is 0. The zero-order chi connectivity index (χ0) is 21.6. The Hall–Kier alpha value is -3.60. The molecular formula is C18H19F3N8. The third kappa shape index (κ3) is 5.23. The number of nitrogens with one attached hydrogen (secondary N) is 1. The third-order valence-corrected chi connectivity index (χ3v) is 4.12. The highest BCUT2D eigenvalue weighted by molar-refractivity contribution is 5.71. The smallest absolute Gasteiger partial charge is 0.375 e. The summed E-state index contributed by atoms with van der Waals surface area (Å²) in [6.07, 6.45) is -4.40. The molecule has 0 bridgehead atoms. The number of imidazole rings is 1. The Kier molecular flexibility index (Phi) is 6.78. The van der Waals surface area contributed by atoms with Gasteiger partial charge in [0.2, 0.25) is 0 Å². The highest BCUT2D eigenvalue weighted by Gasteiger charge is 2.27. The van der Waals surface area contributed by atoms with Crippen molar-refractivity contribution in [1.29, 1.82) is 10.5 Å². The van der Waals surface area contributed by atoms with E-state index in [1.165, 1.54) is 11.6 Å². The number of halogens is 3. The minimum absolute atomic E-state index is 0.00677. The van der Waals surface area contributed by atoms with Gasteiger partial charge in [-0.25, -0.2) is 0 Å². The number of hydrogen-bond donors (Lipinski definition) is 1. The number of nitriles is 2. The molecule has 1 aromatic heterocycles. The summed E-state index contributed by atoms with van der Waals surface area (Å²) < 4.78 is 39.4. The standard InChI is InChI=1S/C18H19F3N8/c1-4-29(5-2)12-6-7-13(14(8-12)24-11-18(19,20)21)26-27-17-25-15(9-22)16(10-23)28(17)3/h6-8,24H,4-5,11H2,1-3H3. The maximum Gasteiger partial charge on any atom is 0.405 e. The largest absolute Gasteiger partial charge is 0.405 e. The van der Waals surface area contributed by atoms with E-state index in [4.69, 9.17) is 10.5 Å². The normalized spacial score (nSPS) is 11.3. The molecule has 29 heavy (non-hydrogen) atoms. The summed E-state index contributed by atoms with van der Waals surface area (Å²) in [6.45, 7) is 4.05. The predicted molar refractivity (Wildman–Crippen MR) is 101 cm³/mol. The molecule has 8 nitrogen and oxygen atoms in total. The van der Waals surface area contributed by atoms with Crippen LogP contribution in [0.3, 0.4) is 0 Å². The van der Waals surface area contributed by atoms with Gasteiger partial charge in [-0.1, -0.05) is 0 Å². The lowest BCUT2D eigenvalue weighted by molar-refractivity contribution is -0.115. The summed E-state index contributed by atoms with van der Waals surface area (Å²) in [5, 5.41) is 28.4. The first-order valence-electron chi connectivity index (χ1n) is 8.72. The maximum atomic E-state index is 12.7. The molecule has 0 aliphatic rings. The van der Waals surface area contributed by atoms with Crippen molar-refractivity contribution >= 4 is 23.0 Å². The Morgan fingerprint density at radius 1 is 1.17 bits per heavy atom. The monoisotopic (exact) mass is 404 g/mol. The maximum absolute atomic E-state index is 12.7. The van der Waals surface area contributed by atoms with E-state index < -0.39 is 12.7 Å². The fraction of sp³-hybridized carbons (Fsp3) is 0.389. The second-order valence-electron chi connectivity index (χ2n) is 5.93. The molecule has 0 fully saturated rings. The lowest BCUT2D eigenvalue weighted by Gasteiger charge is -2.22. The molecule has 2 rings (SSSR count). The van der Waals surface area contributed by atoms with Gasteiger partial charge < -0.3 is 14.8 Å². The molecule has 0 spiro atoms. The summed E-state index contributed by atoms with van der Waals surface area (Å²) in [6, 6.07) is 8.50. The van der Waals surface area contributed by atoms with Gasteiger partial charge >= 0.3 is 6.18 Å². The lowest BCUT2D eigenvalue weighted by atomic mass is 10.2. The van der Waals surface area contributed by atoms with Crippen molar-refractivity contribution in [1.82, 2.24) is 9.55 Å². The first-order valence-corrected chi connectivity index (χ1v) is 8.72. The number of alkyl halides is 3. The highest BCUT2D eigenvalue weighted by Crippen LogP contribution is 2.32. The number of azo groups is 1. The Balaban J connectivity index is 2.43. The third-order valence-electron chi connectivity index (χ3n) is 4.12. The van der Waals surface area contributed by atoms with Gasteiger partial charge in [0.25, 0.3) is 5.95 Å². The van der Waals surface area contributed by atoms with E-state index in [2.05, 4.69) is 20.5 Å². The first kappa shape index (κ1) is 21.7. The van der Waals surface area contributed by atoms with E-state index in [-0.39, 0.29) is 28.7 Å². The first-order chi connectivity index (χ1) is 13.7. The number of benzene rings is 1. The van der Waals surface area contributed by atoms with Crippen LogP contribution in [-0.4, -0.2) is 35.4 Å². The van der Waals surface area contributed by atoms with Gasteiger partial charge in [0, 0.05) is 25.8 Å². The Bertz CT molecular complexity index is 975. The number of anilines is 2. The molecule has 152 valence electrons. The SMILES string of the molecule is CCN(CC)c1ccc(N=Nc2nc(C#N)c(C#N)n2C)c(NCC(F)(F)F)c1. The van der Waals surface area contributed by atoms with Gasteiger partial charge in [0.1, 0.15) is 24.4 Å². The number of aromatic nitrogens is 2. The fourth-order valence-electron chi connectivity index (χ4n) is 2.61. The molecule has 0 aliphatic heterocycles. The number of rotatable bonds is 7. The van der Waals surface area contributed by atoms with Gasteiger partial charge in [-0.3, -0.25) is 0 Å². The fourth-order valence-corrected chi connectivity index (χ4v) is 2.61. The molecule has 2 aromatic rings. The van der Waals surface area contributed by atoms with Crippen LogP contribution in [0.4, 0.5) is 36.2 Å². The van der Waals surface area contributed by atoms with Gasteiger partial charge in [-0.15, -0.1) is 10.2 Å². The van der Waals surface area contributed by atoms with Crippen LogP contribution < -0.4 is 10.2 Å². The minimum Gasteiger partial charge on any atom is -0.375 e. The van der Waals surface area contributed by atoms with Crippen LogP contribution in [0, 0.1) is 22.7 Å². The molecule has 0 unspecified atom stereocenters. The van der Waals surface area contributed by atoms with Crippen LogP contribution in [0.5, 0.6) is 0 Å². The zero-order valence-corrected chi connectivity index (χ0v) is 16.1. The molecule has 1 heterocycles. The number of nitrogens with zero attached hydrogens (tertiary/aromatic N) is 7. The van der Waals surface area contributed by atoms with Gasteiger partial charge in [0.15, 0.2) is 11.4 Å². The van der Waals surface area contributed by atoms with E-state index in [1.54, 1.807) is 24.3 Å². The van der Waals surface area contributed by atoms with Gasteiger partial charge in [-0.2, -0.15) is 28.7 Å². The number of hydrogen-bond acceptors (Lipinski definition) is 7. The summed E-state index contributed by atoms with van der Waals surface area (Å²) in [7, 11) is 1.49. The van der Waals surface area contributed by atoms with Crippen molar-refractivity contribution in [3.8, 4) is 12.1 Å². The quantitative estimate of drug-likeness (QED) is 0.689. The van der Waals surface area contributed by atoms with Crippen LogP contribution in [0.25, 0.3) is 0 Å². The highest BCUT2D eigenvalue weighted by atomic mass is 19.4. The van der Waals surface area contributed by atoms with Crippen LogP contribution in [0.2, 0.25) is 0 Å². The van der Waals surface area contributed by atoms with Crippen molar-refractivity contribution in [3.63, 3.8) is 0 Å². The van der Waals surface area contributed by atoms with E-state index in [1.807, 2.05) is 24.8 Å². The van der Waals surface area contributed by atoms with Crippen LogP contribution in [-0.2, 0) is 7.05 Å². The minimum atomic E-state index is -4.40.